The Morgan fingerprint density at radius 3 is 2.94 bits per heavy atom. The van der Waals surface area contributed by atoms with E-state index in [1.54, 1.807) is 12.1 Å². The average molecular weight is 256 g/mol. The molecule has 0 bridgehead atoms. The van der Waals surface area contributed by atoms with Crippen LogP contribution in [0, 0.1) is 0 Å². The first-order valence-electron chi connectivity index (χ1n) is 5.44. The summed E-state index contributed by atoms with van der Waals surface area (Å²) < 4.78 is 5.71. The molecule has 0 aliphatic carbocycles. The summed E-state index contributed by atoms with van der Waals surface area (Å²) in [4.78, 5) is 13.2. The molecule has 5 heteroatoms. The lowest BCUT2D eigenvalue weighted by Gasteiger charge is -2.15. The fourth-order valence-electron chi connectivity index (χ4n) is 1.94. The summed E-state index contributed by atoms with van der Waals surface area (Å²) in [7, 11) is 2.01. The molecule has 1 aliphatic rings. The van der Waals surface area contributed by atoms with Gasteiger partial charge in [-0.2, -0.15) is 0 Å². The van der Waals surface area contributed by atoms with E-state index in [1.807, 2.05) is 7.05 Å². The van der Waals surface area contributed by atoms with Crippen molar-refractivity contribution in [1.82, 2.24) is 4.90 Å². The third-order valence-electron chi connectivity index (χ3n) is 2.82. The van der Waals surface area contributed by atoms with E-state index in [0.29, 0.717) is 10.8 Å². The highest BCUT2D eigenvalue weighted by Crippen LogP contribution is 2.26. The van der Waals surface area contributed by atoms with Crippen molar-refractivity contribution < 1.29 is 14.6 Å². The number of nitrogens with zero attached hydrogens (tertiary/aromatic N) is 1. The van der Waals surface area contributed by atoms with Crippen LogP contribution in [0.4, 0.5) is 0 Å². The topological polar surface area (TPSA) is 49.8 Å². The summed E-state index contributed by atoms with van der Waals surface area (Å²) in [5.41, 5.74) is 0.156. The SMILES string of the molecule is CN1CCC(Oc2cc(Cl)ccc2C(=O)O)C1. The zero-order valence-electron chi connectivity index (χ0n) is 9.52. The number of ether oxygens (including phenoxy) is 1. The van der Waals surface area contributed by atoms with E-state index in [0.717, 1.165) is 19.5 Å². The highest BCUT2D eigenvalue weighted by atomic mass is 35.5. The fourth-order valence-corrected chi connectivity index (χ4v) is 2.10. The molecule has 0 spiro atoms. The Hall–Kier alpha value is -1.26. The van der Waals surface area contributed by atoms with Crippen molar-refractivity contribution in [3.05, 3.63) is 28.8 Å². The molecule has 0 saturated carbocycles. The molecule has 1 N–H and O–H groups in total. The normalized spacial score (nSPS) is 20.5. The molecule has 17 heavy (non-hydrogen) atoms. The van der Waals surface area contributed by atoms with Crippen LogP contribution in [-0.2, 0) is 0 Å². The number of hydrogen-bond acceptors (Lipinski definition) is 3. The summed E-state index contributed by atoms with van der Waals surface area (Å²) in [5.74, 6) is -0.645. The molecule has 1 atom stereocenters. The second-order valence-electron chi connectivity index (χ2n) is 4.24. The number of aromatic carboxylic acids is 1. The van der Waals surface area contributed by atoms with Crippen LogP contribution in [0.25, 0.3) is 0 Å². The minimum absolute atomic E-state index is 0.0385. The Morgan fingerprint density at radius 2 is 2.35 bits per heavy atom. The van der Waals surface area contributed by atoms with E-state index in [2.05, 4.69) is 4.90 Å². The standard InChI is InChI=1S/C12H14ClNO3/c1-14-5-4-9(7-14)17-11-6-8(13)2-3-10(11)12(15)16/h2-3,6,9H,4-5,7H2,1H3,(H,15,16). The van der Waals surface area contributed by atoms with E-state index in [-0.39, 0.29) is 11.7 Å². The van der Waals surface area contributed by atoms with E-state index >= 15 is 0 Å². The Balaban J connectivity index is 2.19. The Kier molecular flexibility index (Phi) is 3.54. The molecule has 92 valence electrons. The summed E-state index contributed by atoms with van der Waals surface area (Å²) >= 11 is 5.85. The molecule has 1 aliphatic heterocycles. The van der Waals surface area contributed by atoms with Gasteiger partial charge in [-0.1, -0.05) is 11.6 Å². The minimum atomic E-state index is -0.997. The largest absolute Gasteiger partial charge is 0.488 e. The van der Waals surface area contributed by atoms with Gasteiger partial charge in [0, 0.05) is 18.1 Å². The molecule has 2 rings (SSSR count). The van der Waals surface area contributed by atoms with Gasteiger partial charge in [-0.15, -0.1) is 0 Å². The van der Waals surface area contributed by atoms with Crippen molar-refractivity contribution >= 4 is 17.6 Å². The fraction of sp³-hybridized carbons (Fsp3) is 0.417. The number of carboxylic acid groups (broad SMARTS) is 1. The van der Waals surface area contributed by atoms with Crippen molar-refractivity contribution in [2.45, 2.75) is 12.5 Å². The second-order valence-corrected chi connectivity index (χ2v) is 4.67. The number of likely N-dealkylation sites (tertiary alicyclic amines) is 1. The number of benzene rings is 1. The molecule has 1 fully saturated rings. The van der Waals surface area contributed by atoms with Crippen LogP contribution in [0.2, 0.25) is 5.02 Å². The highest BCUT2D eigenvalue weighted by molar-refractivity contribution is 6.30. The molecule has 1 unspecified atom stereocenters. The first kappa shape index (κ1) is 12.2. The van der Waals surface area contributed by atoms with Crippen LogP contribution in [0.3, 0.4) is 0 Å². The van der Waals surface area contributed by atoms with Gasteiger partial charge in [0.15, 0.2) is 0 Å². The molecule has 0 amide bonds. The lowest BCUT2D eigenvalue weighted by molar-refractivity contribution is 0.0689. The summed E-state index contributed by atoms with van der Waals surface area (Å²) in [6.07, 6.45) is 0.943. The Labute approximate surface area is 105 Å². The average Bonchev–Trinajstić information content (AvgIpc) is 2.63. The van der Waals surface area contributed by atoms with Crippen LogP contribution in [0.5, 0.6) is 5.75 Å². The zero-order chi connectivity index (χ0) is 12.4. The first-order valence-corrected chi connectivity index (χ1v) is 5.82. The third-order valence-corrected chi connectivity index (χ3v) is 3.05. The maximum absolute atomic E-state index is 11.0. The maximum atomic E-state index is 11.0. The van der Waals surface area contributed by atoms with Gasteiger partial charge in [0.2, 0.25) is 0 Å². The quantitative estimate of drug-likeness (QED) is 0.899. The van der Waals surface area contributed by atoms with Crippen molar-refractivity contribution in [1.29, 1.82) is 0 Å². The molecule has 0 radical (unpaired) electrons. The number of hydrogen-bond donors (Lipinski definition) is 1. The van der Waals surface area contributed by atoms with E-state index in [4.69, 9.17) is 21.4 Å². The summed E-state index contributed by atoms with van der Waals surface area (Å²) in [6.45, 7) is 1.78. The molecule has 4 nitrogen and oxygen atoms in total. The molecular formula is C12H14ClNO3. The van der Waals surface area contributed by atoms with Gasteiger partial charge in [-0.3, -0.25) is 0 Å². The number of rotatable bonds is 3. The molecule has 1 heterocycles. The van der Waals surface area contributed by atoms with Gasteiger partial charge >= 0.3 is 5.97 Å². The van der Waals surface area contributed by atoms with E-state index < -0.39 is 5.97 Å². The first-order chi connectivity index (χ1) is 8.06. The number of carboxylic acids is 1. The number of carbonyl (C=O) groups is 1. The van der Waals surface area contributed by atoms with Crippen molar-refractivity contribution in [3.63, 3.8) is 0 Å². The predicted molar refractivity (Wildman–Crippen MR) is 64.9 cm³/mol. The Morgan fingerprint density at radius 1 is 1.59 bits per heavy atom. The predicted octanol–water partition coefficient (Wildman–Crippen LogP) is 2.12. The lowest BCUT2D eigenvalue weighted by Crippen LogP contribution is -2.22. The van der Waals surface area contributed by atoms with Gasteiger partial charge in [0.05, 0.1) is 0 Å². The number of halogens is 1. The van der Waals surface area contributed by atoms with Gasteiger partial charge in [0.25, 0.3) is 0 Å². The van der Waals surface area contributed by atoms with E-state index in [1.165, 1.54) is 6.07 Å². The molecule has 1 aromatic carbocycles. The summed E-state index contributed by atoms with van der Waals surface area (Å²) in [5, 5.41) is 9.53. The van der Waals surface area contributed by atoms with Crippen LogP contribution >= 0.6 is 11.6 Å². The van der Waals surface area contributed by atoms with Crippen molar-refractivity contribution in [3.8, 4) is 5.75 Å². The lowest BCUT2D eigenvalue weighted by atomic mass is 10.2. The molecule has 0 aromatic heterocycles. The third kappa shape index (κ3) is 2.90. The van der Waals surface area contributed by atoms with Gasteiger partial charge in [0.1, 0.15) is 17.4 Å². The Bertz CT molecular complexity index is 436. The van der Waals surface area contributed by atoms with Crippen molar-refractivity contribution in [2.24, 2.45) is 0 Å². The van der Waals surface area contributed by atoms with E-state index in [9.17, 15) is 4.79 Å². The monoisotopic (exact) mass is 255 g/mol. The van der Waals surface area contributed by atoms with Gasteiger partial charge < -0.3 is 14.7 Å². The van der Waals surface area contributed by atoms with Crippen LogP contribution in [0.15, 0.2) is 18.2 Å². The van der Waals surface area contributed by atoms with Gasteiger partial charge in [-0.05, 0) is 31.7 Å². The van der Waals surface area contributed by atoms with Crippen molar-refractivity contribution in [2.75, 3.05) is 20.1 Å². The molecule has 1 saturated heterocycles. The van der Waals surface area contributed by atoms with Crippen LogP contribution in [0.1, 0.15) is 16.8 Å². The number of likely N-dealkylation sites (N-methyl/N-ethyl adjacent to an activating group) is 1. The zero-order valence-corrected chi connectivity index (χ0v) is 10.3. The van der Waals surface area contributed by atoms with Gasteiger partial charge in [-0.25, -0.2) is 4.79 Å². The van der Waals surface area contributed by atoms with Crippen LogP contribution in [-0.4, -0.2) is 42.2 Å². The molecular weight excluding hydrogens is 242 g/mol. The molecule has 1 aromatic rings. The summed E-state index contributed by atoms with van der Waals surface area (Å²) in [6, 6.07) is 4.58. The highest BCUT2D eigenvalue weighted by Gasteiger charge is 2.23. The maximum Gasteiger partial charge on any atom is 0.339 e. The minimum Gasteiger partial charge on any atom is -0.488 e. The second kappa shape index (κ2) is 4.94. The van der Waals surface area contributed by atoms with Crippen LogP contribution < -0.4 is 4.74 Å². The smallest absolute Gasteiger partial charge is 0.339 e.